The fraction of sp³-hybridized carbons (Fsp3) is 0.500. The third kappa shape index (κ3) is 3.83. The molecule has 0 N–H and O–H groups in total. The Labute approximate surface area is 132 Å². The van der Waals surface area contributed by atoms with Crippen LogP contribution in [0.1, 0.15) is 24.2 Å². The van der Waals surface area contributed by atoms with E-state index >= 15 is 0 Å². The molecule has 1 aliphatic heterocycles. The van der Waals surface area contributed by atoms with Crippen LogP contribution in [0.3, 0.4) is 0 Å². The van der Waals surface area contributed by atoms with Crippen molar-refractivity contribution in [1.82, 2.24) is 4.90 Å². The monoisotopic (exact) mass is 393 g/mol. The summed E-state index contributed by atoms with van der Waals surface area (Å²) >= 11 is 8.11. The lowest BCUT2D eigenvalue weighted by atomic mass is 10.0. The van der Waals surface area contributed by atoms with Crippen LogP contribution in [0.25, 0.3) is 0 Å². The van der Waals surface area contributed by atoms with Gasteiger partial charge < -0.3 is 9.64 Å². The Morgan fingerprint density at radius 2 is 2.11 bits per heavy atom. The molecule has 1 atom stereocenters. The largest absolute Gasteiger partial charge is 0.367 e. The van der Waals surface area contributed by atoms with E-state index in [1.165, 1.54) is 0 Å². The number of alkyl halides is 1. The molecule has 0 bridgehead atoms. The third-order valence-corrected chi connectivity index (χ3v) is 4.10. The van der Waals surface area contributed by atoms with Crippen molar-refractivity contribution >= 4 is 40.1 Å². The molecule has 3 nitrogen and oxygen atoms in total. The minimum absolute atomic E-state index is 0.0443. The molecular weight excluding hydrogens is 377 g/mol. The zero-order chi connectivity index (χ0) is 14.0. The minimum Gasteiger partial charge on any atom is -0.367 e. The van der Waals surface area contributed by atoms with Crippen molar-refractivity contribution in [2.45, 2.75) is 25.6 Å². The van der Waals surface area contributed by atoms with Crippen molar-refractivity contribution in [1.29, 1.82) is 0 Å². The first-order valence-electron chi connectivity index (χ1n) is 6.20. The smallest absolute Gasteiger partial charge is 0.254 e. The van der Waals surface area contributed by atoms with E-state index in [1.807, 2.05) is 43.0 Å². The summed E-state index contributed by atoms with van der Waals surface area (Å²) in [6.07, 6.45) is -0.0989. The molecule has 1 aromatic rings. The van der Waals surface area contributed by atoms with Gasteiger partial charge in [-0.05, 0) is 60.7 Å². The Bertz CT molecular complexity index is 461. The minimum atomic E-state index is -0.351. The summed E-state index contributed by atoms with van der Waals surface area (Å²) in [5.74, 6) is 0.447. The summed E-state index contributed by atoms with van der Waals surface area (Å²) in [5.41, 5.74) is 0.364. The molecule has 104 valence electrons. The number of carbonyl (C=O) groups excluding carboxylic acids is 1. The Hall–Kier alpha value is -0.330. The highest BCUT2D eigenvalue weighted by atomic mass is 127. The molecule has 0 aromatic heterocycles. The summed E-state index contributed by atoms with van der Waals surface area (Å²) in [4.78, 5) is 14.3. The van der Waals surface area contributed by atoms with Crippen molar-refractivity contribution in [2.24, 2.45) is 0 Å². The number of nitrogens with zero attached hydrogens (tertiary/aromatic N) is 1. The molecule has 2 rings (SSSR count). The van der Waals surface area contributed by atoms with Gasteiger partial charge in [-0.3, -0.25) is 4.79 Å². The van der Waals surface area contributed by atoms with Crippen LogP contribution in [0.4, 0.5) is 0 Å². The highest BCUT2D eigenvalue weighted by Gasteiger charge is 2.35. The lowest BCUT2D eigenvalue weighted by Gasteiger charge is -2.42. The predicted octanol–water partition coefficient (Wildman–Crippen LogP) is 3.15. The van der Waals surface area contributed by atoms with Gasteiger partial charge in [0.1, 0.15) is 0 Å². The molecule has 1 aromatic carbocycles. The van der Waals surface area contributed by atoms with Crippen LogP contribution < -0.4 is 0 Å². The van der Waals surface area contributed by atoms with E-state index in [1.54, 1.807) is 0 Å². The topological polar surface area (TPSA) is 29.5 Å². The van der Waals surface area contributed by atoms with Gasteiger partial charge in [-0.15, -0.1) is 11.6 Å². The fourth-order valence-electron chi connectivity index (χ4n) is 2.31. The van der Waals surface area contributed by atoms with E-state index in [2.05, 4.69) is 22.6 Å². The molecule has 1 aliphatic rings. The number of hydrogen-bond donors (Lipinski definition) is 0. The Morgan fingerprint density at radius 3 is 2.68 bits per heavy atom. The van der Waals surface area contributed by atoms with Crippen LogP contribution in [0.2, 0.25) is 0 Å². The van der Waals surface area contributed by atoms with Gasteiger partial charge in [-0.1, -0.05) is 0 Å². The van der Waals surface area contributed by atoms with Crippen LogP contribution in [-0.2, 0) is 4.74 Å². The SMILES string of the molecule is CC1(C)CN(C(=O)c2ccc(I)cc2)CC(CCl)O1. The standard InChI is InChI=1S/C14H17ClINO2/c1-14(2)9-17(8-12(7-15)19-14)13(18)10-3-5-11(16)6-4-10/h3-6,12H,7-9H2,1-2H3. The molecule has 0 radical (unpaired) electrons. The summed E-state index contributed by atoms with van der Waals surface area (Å²) in [5, 5.41) is 0. The summed E-state index contributed by atoms with van der Waals surface area (Å²) in [6.45, 7) is 5.11. The van der Waals surface area contributed by atoms with Crippen molar-refractivity contribution in [3.8, 4) is 0 Å². The number of benzene rings is 1. The molecule has 1 fully saturated rings. The Morgan fingerprint density at radius 1 is 1.47 bits per heavy atom. The second-order valence-corrected chi connectivity index (χ2v) is 6.90. The Balaban J connectivity index is 2.16. The van der Waals surface area contributed by atoms with Crippen LogP contribution in [0, 0.1) is 3.57 Å². The summed E-state index contributed by atoms with van der Waals surface area (Å²) in [6, 6.07) is 7.61. The van der Waals surface area contributed by atoms with Crippen LogP contribution in [0.5, 0.6) is 0 Å². The van der Waals surface area contributed by atoms with Gasteiger partial charge in [0.25, 0.3) is 5.91 Å². The first-order chi connectivity index (χ1) is 8.91. The van der Waals surface area contributed by atoms with Crippen molar-refractivity contribution in [3.63, 3.8) is 0 Å². The first-order valence-corrected chi connectivity index (χ1v) is 7.81. The molecule has 5 heteroatoms. The van der Waals surface area contributed by atoms with E-state index in [-0.39, 0.29) is 17.6 Å². The van der Waals surface area contributed by atoms with Crippen molar-refractivity contribution in [3.05, 3.63) is 33.4 Å². The van der Waals surface area contributed by atoms with Gasteiger partial charge in [0.2, 0.25) is 0 Å². The van der Waals surface area contributed by atoms with E-state index in [0.29, 0.717) is 24.5 Å². The van der Waals surface area contributed by atoms with E-state index in [4.69, 9.17) is 16.3 Å². The van der Waals surface area contributed by atoms with Crippen molar-refractivity contribution in [2.75, 3.05) is 19.0 Å². The molecule has 1 amide bonds. The first kappa shape index (κ1) is 15.1. The van der Waals surface area contributed by atoms with Crippen LogP contribution in [-0.4, -0.2) is 41.5 Å². The zero-order valence-corrected chi connectivity index (χ0v) is 13.9. The predicted molar refractivity (Wildman–Crippen MR) is 84.7 cm³/mol. The number of hydrogen-bond acceptors (Lipinski definition) is 2. The maximum atomic E-state index is 12.5. The fourth-order valence-corrected chi connectivity index (χ4v) is 2.83. The molecule has 1 saturated heterocycles. The maximum absolute atomic E-state index is 12.5. The number of halogens is 2. The van der Waals surface area contributed by atoms with E-state index in [9.17, 15) is 4.79 Å². The average molecular weight is 394 g/mol. The van der Waals surface area contributed by atoms with E-state index < -0.39 is 0 Å². The highest BCUT2D eigenvalue weighted by Crippen LogP contribution is 2.23. The molecule has 0 saturated carbocycles. The lowest BCUT2D eigenvalue weighted by molar-refractivity contribution is -0.117. The lowest BCUT2D eigenvalue weighted by Crippen LogP contribution is -2.55. The highest BCUT2D eigenvalue weighted by molar-refractivity contribution is 14.1. The maximum Gasteiger partial charge on any atom is 0.254 e. The molecule has 19 heavy (non-hydrogen) atoms. The molecule has 0 aliphatic carbocycles. The molecule has 0 spiro atoms. The summed E-state index contributed by atoms with van der Waals surface area (Å²) in [7, 11) is 0. The second-order valence-electron chi connectivity index (χ2n) is 5.35. The Kier molecular flexibility index (Phi) is 4.74. The molecular formula is C14H17ClINO2. The number of carbonyl (C=O) groups is 1. The van der Waals surface area contributed by atoms with Gasteiger partial charge in [0.05, 0.1) is 17.6 Å². The third-order valence-electron chi connectivity index (χ3n) is 3.03. The van der Waals surface area contributed by atoms with Crippen LogP contribution >= 0.6 is 34.2 Å². The van der Waals surface area contributed by atoms with Crippen LogP contribution in [0.15, 0.2) is 24.3 Å². The quantitative estimate of drug-likeness (QED) is 0.571. The summed E-state index contributed by atoms with van der Waals surface area (Å²) < 4.78 is 6.95. The second kappa shape index (κ2) is 5.97. The van der Waals surface area contributed by atoms with E-state index in [0.717, 1.165) is 3.57 Å². The normalized spacial score (nSPS) is 22.3. The average Bonchev–Trinajstić information content (AvgIpc) is 2.37. The molecule has 1 heterocycles. The number of morpholine rings is 1. The molecule has 1 unspecified atom stereocenters. The number of rotatable bonds is 2. The van der Waals surface area contributed by atoms with Gasteiger partial charge in [-0.25, -0.2) is 0 Å². The van der Waals surface area contributed by atoms with Gasteiger partial charge in [0.15, 0.2) is 0 Å². The van der Waals surface area contributed by atoms with Crippen molar-refractivity contribution < 1.29 is 9.53 Å². The van der Waals surface area contributed by atoms with Gasteiger partial charge in [-0.2, -0.15) is 0 Å². The zero-order valence-electron chi connectivity index (χ0n) is 11.0. The van der Waals surface area contributed by atoms with Gasteiger partial charge >= 0.3 is 0 Å². The number of amides is 1. The number of ether oxygens (including phenoxy) is 1. The van der Waals surface area contributed by atoms with Gasteiger partial charge in [0, 0.05) is 22.2 Å².